The highest BCUT2D eigenvalue weighted by Gasteiger charge is 2.16. The molecule has 0 amide bonds. The van der Waals surface area contributed by atoms with Gasteiger partial charge in [-0.3, -0.25) is 0 Å². The maximum absolute atomic E-state index is 5.23. The number of rotatable bonds is 7. The number of ether oxygens (including phenoxy) is 1. The fraction of sp³-hybridized carbons (Fsp3) is 0.538. The van der Waals surface area contributed by atoms with Crippen molar-refractivity contribution in [2.45, 2.75) is 19.9 Å². The van der Waals surface area contributed by atoms with Gasteiger partial charge in [-0.25, -0.2) is 4.68 Å². The highest BCUT2D eigenvalue weighted by Crippen LogP contribution is 2.12. The third kappa shape index (κ3) is 3.88. The van der Waals surface area contributed by atoms with Crippen LogP contribution in [0.3, 0.4) is 0 Å². The van der Waals surface area contributed by atoms with Crippen LogP contribution in [-0.4, -0.2) is 51.5 Å². The summed E-state index contributed by atoms with van der Waals surface area (Å²) in [5.74, 6) is 1.82. The maximum atomic E-state index is 5.23. The third-order valence-electron chi connectivity index (χ3n) is 3.02. The summed E-state index contributed by atoms with van der Waals surface area (Å²) in [5, 5.41) is 10.4. The van der Waals surface area contributed by atoms with Crippen molar-refractivity contribution >= 4 is 11.9 Å². The van der Waals surface area contributed by atoms with Crippen LogP contribution in [0.5, 0.6) is 0 Å². The average Bonchev–Trinajstić information content (AvgIpc) is 3.00. The Hall–Kier alpha value is -2.22. The van der Waals surface area contributed by atoms with Crippen LogP contribution in [0.25, 0.3) is 5.95 Å². The quantitative estimate of drug-likeness (QED) is 0.791. The molecule has 0 fully saturated rings. The fourth-order valence-corrected chi connectivity index (χ4v) is 1.78. The summed E-state index contributed by atoms with van der Waals surface area (Å²) in [6.07, 6.45) is 3.46. The Kier molecular flexibility index (Phi) is 5.04. The Bertz CT molecular complexity index is 556. The van der Waals surface area contributed by atoms with Gasteiger partial charge < -0.3 is 15.4 Å². The SMILES string of the molecule is CNc1nc(NC(COC)C(C)C)nc(-n2cccn2)n1. The third-order valence-corrected chi connectivity index (χ3v) is 3.02. The normalized spacial score (nSPS) is 12.4. The zero-order valence-corrected chi connectivity index (χ0v) is 12.7. The fourth-order valence-electron chi connectivity index (χ4n) is 1.78. The van der Waals surface area contributed by atoms with Crippen molar-refractivity contribution in [1.82, 2.24) is 24.7 Å². The van der Waals surface area contributed by atoms with Gasteiger partial charge in [0.1, 0.15) is 0 Å². The molecule has 2 rings (SSSR count). The summed E-state index contributed by atoms with van der Waals surface area (Å²) < 4.78 is 6.82. The predicted octanol–water partition coefficient (Wildman–Crippen LogP) is 1.18. The minimum absolute atomic E-state index is 0.118. The van der Waals surface area contributed by atoms with E-state index >= 15 is 0 Å². The first kappa shape index (κ1) is 15.2. The molecule has 114 valence electrons. The van der Waals surface area contributed by atoms with Gasteiger partial charge in [0.2, 0.25) is 11.9 Å². The second-order valence-corrected chi connectivity index (χ2v) is 4.93. The lowest BCUT2D eigenvalue weighted by molar-refractivity contribution is 0.171. The highest BCUT2D eigenvalue weighted by atomic mass is 16.5. The summed E-state index contributed by atoms with van der Waals surface area (Å²) in [6, 6.07) is 1.94. The minimum atomic E-state index is 0.118. The molecule has 8 nitrogen and oxygen atoms in total. The predicted molar refractivity (Wildman–Crippen MR) is 80.6 cm³/mol. The van der Waals surface area contributed by atoms with E-state index in [1.165, 1.54) is 0 Å². The second kappa shape index (κ2) is 6.98. The molecule has 0 aliphatic carbocycles. The molecule has 0 radical (unpaired) electrons. The smallest absolute Gasteiger partial charge is 0.257 e. The topological polar surface area (TPSA) is 89.8 Å². The number of hydrogen-bond acceptors (Lipinski definition) is 7. The molecular weight excluding hydrogens is 270 g/mol. The molecule has 0 spiro atoms. The van der Waals surface area contributed by atoms with E-state index in [1.807, 2.05) is 6.07 Å². The molecule has 0 aliphatic rings. The monoisotopic (exact) mass is 291 g/mol. The Morgan fingerprint density at radius 1 is 1.24 bits per heavy atom. The standard InChI is InChI=1S/C13H21N7O/c1-9(2)10(8-21-4)16-12-17-11(14-3)18-13(19-12)20-7-5-6-15-20/h5-7,9-10H,8H2,1-4H3,(H2,14,16,17,18,19). The Morgan fingerprint density at radius 2 is 2.00 bits per heavy atom. The van der Waals surface area contributed by atoms with E-state index in [0.29, 0.717) is 30.4 Å². The van der Waals surface area contributed by atoms with Gasteiger partial charge in [0, 0.05) is 26.6 Å². The van der Waals surface area contributed by atoms with Gasteiger partial charge in [-0.15, -0.1) is 0 Å². The van der Waals surface area contributed by atoms with Gasteiger partial charge >= 0.3 is 0 Å². The van der Waals surface area contributed by atoms with Crippen molar-refractivity contribution < 1.29 is 4.74 Å². The van der Waals surface area contributed by atoms with Crippen molar-refractivity contribution in [3.05, 3.63) is 18.5 Å². The van der Waals surface area contributed by atoms with Crippen molar-refractivity contribution in [1.29, 1.82) is 0 Å². The first-order chi connectivity index (χ1) is 10.1. The molecule has 1 unspecified atom stereocenters. The van der Waals surface area contributed by atoms with Crippen molar-refractivity contribution in [3.63, 3.8) is 0 Å². The molecular formula is C13H21N7O. The molecule has 2 aromatic heterocycles. The first-order valence-corrected chi connectivity index (χ1v) is 6.83. The van der Waals surface area contributed by atoms with Crippen LogP contribution in [-0.2, 0) is 4.74 Å². The molecule has 1 atom stereocenters. The summed E-state index contributed by atoms with van der Waals surface area (Å²) >= 11 is 0. The van der Waals surface area contributed by atoms with E-state index in [1.54, 1.807) is 31.2 Å². The Balaban J connectivity index is 2.28. The van der Waals surface area contributed by atoms with Crippen LogP contribution in [0.15, 0.2) is 18.5 Å². The number of methoxy groups -OCH3 is 1. The van der Waals surface area contributed by atoms with E-state index in [0.717, 1.165) is 0 Å². The van der Waals surface area contributed by atoms with Gasteiger partial charge in [0.25, 0.3) is 5.95 Å². The number of aromatic nitrogens is 5. The first-order valence-electron chi connectivity index (χ1n) is 6.83. The molecule has 0 saturated heterocycles. The lowest BCUT2D eigenvalue weighted by Gasteiger charge is -2.21. The highest BCUT2D eigenvalue weighted by molar-refractivity contribution is 5.38. The number of anilines is 2. The largest absolute Gasteiger partial charge is 0.383 e. The summed E-state index contributed by atoms with van der Waals surface area (Å²) in [5.41, 5.74) is 0. The minimum Gasteiger partial charge on any atom is -0.383 e. The van der Waals surface area contributed by atoms with E-state index in [-0.39, 0.29) is 6.04 Å². The van der Waals surface area contributed by atoms with Gasteiger partial charge in [-0.2, -0.15) is 20.1 Å². The van der Waals surface area contributed by atoms with E-state index in [2.05, 4.69) is 44.5 Å². The number of nitrogens with zero attached hydrogens (tertiary/aromatic N) is 5. The summed E-state index contributed by atoms with van der Waals surface area (Å²) in [6.45, 7) is 4.81. The molecule has 8 heteroatoms. The molecule has 0 aliphatic heterocycles. The summed E-state index contributed by atoms with van der Waals surface area (Å²) in [4.78, 5) is 13.0. The zero-order chi connectivity index (χ0) is 15.2. The van der Waals surface area contributed by atoms with Gasteiger partial charge in [0.05, 0.1) is 12.6 Å². The molecule has 2 aromatic rings. The Labute approximate surface area is 124 Å². The maximum Gasteiger partial charge on any atom is 0.257 e. The molecule has 0 bridgehead atoms. The lowest BCUT2D eigenvalue weighted by atomic mass is 10.1. The number of hydrogen-bond donors (Lipinski definition) is 2. The lowest BCUT2D eigenvalue weighted by Crippen LogP contribution is -2.31. The van der Waals surface area contributed by atoms with Crippen LogP contribution in [0, 0.1) is 5.92 Å². The van der Waals surface area contributed by atoms with Gasteiger partial charge in [-0.05, 0) is 12.0 Å². The van der Waals surface area contributed by atoms with E-state index < -0.39 is 0 Å². The van der Waals surface area contributed by atoms with Crippen LogP contribution in [0.1, 0.15) is 13.8 Å². The van der Waals surface area contributed by atoms with Gasteiger partial charge in [0.15, 0.2) is 0 Å². The average molecular weight is 291 g/mol. The van der Waals surface area contributed by atoms with Crippen molar-refractivity contribution in [2.24, 2.45) is 5.92 Å². The molecule has 2 heterocycles. The van der Waals surface area contributed by atoms with Crippen molar-refractivity contribution in [2.75, 3.05) is 31.4 Å². The molecule has 21 heavy (non-hydrogen) atoms. The van der Waals surface area contributed by atoms with Crippen LogP contribution >= 0.6 is 0 Å². The number of nitrogens with one attached hydrogen (secondary N) is 2. The summed E-state index contributed by atoms with van der Waals surface area (Å²) in [7, 11) is 3.44. The van der Waals surface area contributed by atoms with Gasteiger partial charge in [-0.1, -0.05) is 13.8 Å². The molecule has 2 N–H and O–H groups in total. The zero-order valence-electron chi connectivity index (χ0n) is 12.7. The Morgan fingerprint density at radius 3 is 2.57 bits per heavy atom. The molecule has 0 aromatic carbocycles. The van der Waals surface area contributed by atoms with E-state index in [9.17, 15) is 0 Å². The van der Waals surface area contributed by atoms with Crippen LogP contribution in [0.4, 0.5) is 11.9 Å². The van der Waals surface area contributed by atoms with Crippen LogP contribution in [0.2, 0.25) is 0 Å². The second-order valence-electron chi connectivity index (χ2n) is 4.93. The van der Waals surface area contributed by atoms with E-state index in [4.69, 9.17) is 4.74 Å². The molecule has 0 saturated carbocycles. The van der Waals surface area contributed by atoms with Crippen molar-refractivity contribution in [3.8, 4) is 5.95 Å². The van der Waals surface area contributed by atoms with Crippen LogP contribution < -0.4 is 10.6 Å².